The van der Waals surface area contributed by atoms with Crippen LogP contribution in [0.1, 0.15) is 39.5 Å². The van der Waals surface area contributed by atoms with Crippen molar-refractivity contribution in [2.45, 2.75) is 45.6 Å². The molecule has 3 atom stereocenters. The van der Waals surface area contributed by atoms with Crippen LogP contribution in [0.5, 0.6) is 0 Å². The molecule has 1 aliphatic rings. The van der Waals surface area contributed by atoms with Gasteiger partial charge in [0.2, 0.25) is 11.8 Å². The van der Waals surface area contributed by atoms with Crippen LogP contribution in [0.25, 0.3) is 0 Å². The maximum atomic E-state index is 11.9. The van der Waals surface area contributed by atoms with E-state index in [1.165, 1.54) is 0 Å². The van der Waals surface area contributed by atoms with Crippen LogP contribution in [0.4, 0.5) is 0 Å². The molecular formula is C13H25N3O2. The molecule has 0 aromatic heterocycles. The van der Waals surface area contributed by atoms with E-state index < -0.39 is 0 Å². The number of carbonyl (C=O) groups is 2. The third kappa shape index (κ3) is 4.64. The van der Waals surface area contributed by atoms with Crippen molar-refractivity contribution in [1.29, 1.82) is 0 Å². The highest BCUT2D eigenvalue weighted by molar-refractivity contribution is 5.85. The Morgan fingerprint density at radius 1 is 1.33 bits per heavy atom. The Balaban J connectivity index is 2.34. The molecule has 1 aliphatic carbocycles. The molecule has 1 saturated carbocycles. The average Bonchev–Trinajstić information content (AvgIpc) is 2.35. The molecule has 1 rings (SSSR count). The van der Waals surface area contributed by atoms with Crippen LogP contribution >= 0.6 is 0 Å². The normalized spacial score (nSPS) is 25.3. The standard InChI is InChI=1S/C13H25N3O2/c1-3-15-12(17)8-16-13(18)9(2)10-5-4-6-11(14)7-10/h9-11H,3-8,14H2,1-2H3,(H,15,17)(H,16,18). The van der Waals surface area contributed by atoms with E-state index in [4.69, 9.17) is 5.73 Å². The Labute approximate surface area is 109 Å². The van der Waals surface area contributed by atoms with Crippen molar-refractivity contribution >= 4 is 11.8 Å². The van der Waals surface area contributed by atoms with Crippen molar-refractivity contribution in [3.8, 4) is 0 Å². The van der Waals surface area contributed by atoms with E-state index in [0.717, 1.165) is 25.7 Å². The van der Waals surface area contributed by atoms with Crippen molar-refractivity contribution in [2.75, 3.05) is 13.1 Å². The first-order valence-corrected chi connectivity index (χ1v) is 6.84. The van der Waals surface area contributed by atoms with Gasteiger partial charge in [0.25, 0.3) is 0 Å². The van der Waals surface area contributed by atoms with E-state index >= 15 is 0 Å². The molecule has 4 N–H and O–H groups in total. The van der Waals surface area contributed by atoms with E-state index in [1.54, 1.807) is 0 Å². The van der Waals surface area contributed by atoms with Crippen LogP contribution in [-0.2, 0) is 9.59 Å². The van der Waals surface area contributed by atoms with E-state index in [1.807, 2.05) is 13.8 Å². The second kappa shape index (κ2) is 7.36. The van der Waals surface area contributed by atoms with Crippen LogP contribution in [-0.4, -0.2) is 30.9 Å². The minimum absolute atomic E-state index is 0.0413. The highest BCUT2D eigenvalue weighted by Crippen LogP contribution is 2.29. The van der Waals surface area contributed by atoms with Gasteiger partial charge >= 0.3 is 0 Å². The topological polar surface area (TPSA) is 84.2 Å². The smallest absolute Gasteiger partial charge is 0.239 e. The molecule has 0 spiro atoms. The number of rotatable bonds is 5. The predicted octanol–water partition coefficient (Wildman–Crippen LogP) is 0.392. The summed E-state index contributed by atoms with van der Waals surface area (Å²) in [6.45, 7) is 4.43. The molecule has 0 aliphatic heterocycles. The maximum Gasteiger partial charge on any atom is 0.239 e. The van der Waals surface area contributed by atoms with Crippen molar-refractivity contribution < 1.29 is 9.59 Å². The van der Waals surface area contributed by atoms with Gasteiger partial charge in [-0.15, -0.1) is 0 Å². The zero-order valence-corrected chi connectivity index (χ0v) is 11.4. The number of carbonyl (C=O) groups excluding carboxylic acids is 2. The average molecular weight is 255 g/mol. The van der Waals surface area contributed by atoms with Gasteiger partial charge in [-0.2, -0.15) is 0 Å². The van der Waals surface area contributed by atoms with Gasteiger partial charge < -0.3 is 16.4 Å². The lowest BCUT2D eigenvalue weighted by molar-refractivity contribution is -0.129. The molecule has 5 heteroatoms. The summed E-state index contributed by atoms with van der Waals surface area (Å²) in [4.78, 5) is 23.2. The number of amides is 2. The molecule has 5 nitrogen and oxygen atoms in total. The summed E-state index contributed by atoms with van der Waals surface area (Å²) >= 11 is 0. The summed E-state index contributed by atoms with van der Waals surface area (Å²) in [5.74, 6) is 0.104. The largest absolute Gasteiger partial charge is 0.355 e. The van der Waals surface area contributed by atoms with E-state index in [0.29, 0.717) is 12.5 Å². The Morgan fingerprint density at radius 2 is 2.06 bits per heavy atom. The molecule has 1 fully saturated rings. The summed E-state index contributed by atoms with van der Waals surface area (Å²) < 4.78 is 0. The molecule has 0 heterocycles. The molecule has 104 valence electrons. The molecule has 0 aromatic carbocycles. The van der Waals surface area contributed by atoms with E-state index in [9.17, 15) is 9.59 Å². The Morgan fingerprint density at radius 3 is 2.67 bits per heavy atom. The van der Waals surface area contributed by atoms with E-state index in [-0.39, 0.29) is 30.3 Å². The Hall–Kier alpha value is -1.10. The summed E-state index contributed by atoms with van der Waals surface area (Å²) in [6.07, 6.45) is 4.13. The fraction of sp³-hybridized carbons (Fsp3) is 0.846. The lowest BCUT2D eigenvalue weighted by Gasteiger charge is -2.30. The van der Waals surface area contributed by atoms with Gasteiger partial charge in [0.05, 0.1) is 6.54 Å². The monoisotopic (exact) mass is 255 g/mol. The molecule has 2 amide bonds. The van der Waals surface area contributed by atoms with Crippen LogP contribution in [0.2, 0.25) is 0 Å². The number of hydrogen-bond acceptors (Lipinski definition) is 3. The SMILES string of the molecule is CCNC(=O)CNC(=O)C(C)C1CCCC(N)C1. The van der Waals surface area contributed by atoms with Gasteiger partial charge in [-0.1, -0.05) is 13.3 Å². The number of hydrogen-bond donors (Lipinski definition) is 3. The summed E-state index contributed by atoms with van der Waals surface area (Å²) in [6, 6.07) is 0.224. The lowest BCUT2D eigenvalue weighted by atomic mass is 9.78. The fourth-order valence-corrected chi connectivity index (χ4v) is 2.52. The molecule has 0 saturated heterocycles. The highest BCUT2D eigenvalue weighted by atomic mass is 16.2. The van der Waals surface area contributed by atoms with Crippen LogP contribution in [0.3, 0.4) is 0 Å². The zero-order chi connectivity index (χ0) is 13.5. The van der Waals surface area contributed by atoms with Crippen LogP contribution in [0.15, 0.2) is 0 Å². The third-order valence-electron chi connectivity index (χ3n) is 3.67. The molecular weight excluding hydrogens is 230 g/mol. The first-order chi connectivity index (χ1) is 8.54. The van der Waals surface area contributed by atoms with Gasteiger partial charge in [0.15, 0.2) is 0 Å². The molecule has 0 radical (unpaired) electrons. The van der Waals surface area contributed by atoms with Crippen molar-refractivity contribution in [2.24, 2.45) is 17.6 Å². The second-order valence-electron chi connectivity index (χ2n) is 5.15. The molecule has 0 aromatic rings. The van der Waals surface area contributed by atoms with Crippen LogP contribution in [0, 0.1) is 11.8 Å². The highest BCUT2D eigenvalue weighted by Gasteiger charge is 2.28. The van der Waals surface area contributed by atoms with E-state index in [2.05, 4.69) is 10.6 Å². The van der Waals surface area contributed by atoms with Gasteiger partial charge in [0.1, 0.15) is 0 Å². The molecule has 3 unspecified atom stereocenters. The molecule has 18 heavy (non-hydrogen) atoms. The van der Waals surface area contributed by atoms with Crippen LogP contribution < -0.4 is 16.4 Å². The zero-order valence-electron chi connectivity index (χ0n) is 11.4. The first kappa shape index (κ1) is 15.0. The van der Waals surface area contributed by atoms with Gasteiger partial charge in [-0.05, 0) is 32.1 Å². The van der Waals surface area contributed by atoms with Crippen molar-refractivity contribution in [1.82, 2.24) is 10.6 Å². The Kier molecular flexibility index (Phi) is 6.12. The van der Waals surface area contributed by atoms with Crippen molar-refractivity contribution in [3.05, 3.63) is 0 Å². The predicted molar refractivity (Wildman–Crippen MR) is 70.8 cm³/mol. The second-order valence-corrected chi connectivity index (χ2v) is 5.15. The quantitative estimate of drug-likeness (QED) is 0.664. The minimum atomic E-state index is -0.140. The number of likely N-dealkylation sites (N-methyl/N-ethyl adjacent to an activating group) is 1. The Bertz CT molecular complexity index is 294. The number of nitrogens with one attached hydrogen (secondary N) is 2. The summed E-state index contributed by atoms with van der Waals surface area (Å²) in [5.41, 5.74) is 5.93. The van der Waals surface area contributed by atoms with Crippen molar-refractivity contribution in [3.63, 3.8) is 0 Å². The van der Waals surface area contributed by atoms with Gasteiger partial charge in [-0.25, -0.2) is 0 Å². The third-order valence-corrected chi connectivity index (χ3v) is 3.67. The van der Waals surface area contributed by atoms with Gasteiger partial charge in [0, 0.05) is 18.5 Å². The summed E-state index contributed by atoms with van der Waals surface area (Å²) in [5, 5.41) is 5.34. The maximum absolute atomic E-state index is 11.9. The first-order valence-electron chi connectivity index (χ1n) is 6.84. The number of nitrogens with two attached hydrogens (primary N) is 1. The minimum Gasteiger partial charge on any atom is -0.355 e. The fourth-order valence-electron chi connectivity index (χ4n) is 2.52. The lowest BCUT2D eigenvalue weighted by Crippen LogP contribution is -2.42. The molecule has 0 bridgehead atoms. The van der Waals surface area contributed by atoms with Gasteiger partial charge in [-0.3, -0.25) is 9.59 Å². The summed E-state index contributed by atoms with van der Waals surface area (Å²) in [7, 11) is 0.